The van der Waals surface area contributed by atoms with Gasteiger partial charge in [-0.1, -0.05) is 17.7 Å². The summed E-state index contributed by atoms with van der Waals surface area (Å²) in [5.41, 5.74) is 7.93. The Hall–Kier alpha value is -3.95. The van der Waals surface area contributed by atoms with Crippen LogP contribution < -0.4 is 30.9 Å². The van der Waals surface area contributed by atoms with Crippen LogP contribution in [0.3, 0.4) is 0 Å². The predicted molar refractivity (Wildman–Crippen MR) is 130 cm³/mol. The zero-order valence-corrected chi connectivity index (χ0v) is 19.3. The Morgan fingerprint density at radius 1 is 1.00 bits per heavy atom. The van der Waals surface area contributed by atoms with Gasteiger partial charge in [0, 0.05) is 22.5 Å². The highest BCUT2D eigenvalue weighted by Gasteiger charge is 2.18. The predicted octanol–water partition coefficient (Wildman–Crippen LogP) is 3.65. The van der Waals surface area contributed by atoms with E-state index in [0.29, 0.717) is 40.3 Å². The molecule has 172 valence electrons. The smallest absolute Gasteiger partial charge is 0.262 e. The summed E-state index contributed by atoms with van der Waals surface area (Å²) < 4.78 is 39.5. The highest BCUT2D eigenvalue weighted by Crippen LogP contribution is 2.27. The van der Waals surface area contributed by atoms with Crippen molar-refractivity contribution in [2.75, 3.05) is 16.3 Å². The molecular formula is C24H19ClN4O4S. The largest absolute Gasteiger partial charge is 0.457 e. The van der Waals surface area contributed by atoms with Gasteiger partial charge in [-0.2, -0.15) is 0 Å². The van der Waals surface area contributed by atoms with Crippen LogP contribution in [0.1, 0.15) is 0 Å². The molecule has 0 radical (unpaired) electrons. The molecule has 34 heavy (non-hydrogen) atoms. The normalized spacial score (nSPS) is 13.2. The summed E-state index contributed by atoms with van der Waals surface area (Å²) in [6.07, 6.45) is 1.54. The molecule has 3 N–H and O–H groups in total. The first kappa shape index (κ1) is 21.9. The molecule has 3 aromatic carbocycles. The van der Waals surface area contributed by atoms with Crippen LogP contribution in [0.4, 0.5) is 11.4 Å². The fourth-order valence-electron chi connectivity index (χ4n) is 3.46. The number of rotatable bonds is 6. The summed E-state index contributed by atoms with van der Waals surface area (Å²) >= 11 is 5.89. The summed E-state index contributed by atoms with van der Waals surface area (Å²) in [4.78, 5) is 6.24. The fraction of sp³-hybridized carbons (Fsp3) is 0.0417. The maximum Gasteiger partial charge on any atom is 0.262 e. The van der Waals surface area contributed by atoms with Crippen molar-refractivity contribution in [2.24, 2.45) is 10.7 Å². The average molecular weight is 495 g/mol. The molecule has 1 aromatic heterocycles. The molecule has 10 heteroatoms. The molecule has 5 rings (SSSR count). The second-order valence-electron chi connectivity index (χ2n) is 7.44. The van der Waals surface area contributed by atoms with Gasteiger partial charge in [-0.3, -0.25) is 4.72 Å². The molecule has 0 saturated carbocycles. The summed E-state index contributed by atoms with van der Waals surface area (Å²) in [5.74, 6) is 1.45. The zero-order valence-electron chi connectivity index (χ0n) is 17.7. The van der Waals surface area contributed by atoms with Gasteiger partial charge in [0.05, 0.1) is 16.4 Å². The van der Waals surface area contributed by atoms with Gasteiger partial charge in [-0.15, -0.1) is 0 Å². The van der Waals surface area contributed by atoms with Crippen molar-refractivity contribution >= 4 is 38.8 Å². The van der Waals surface area contributed by atoms with E-state index in [0.717, 1.165) is 10.9 Å². The molecule has 0 aliphatic carbocycles. The van der Waals surface area contributed by atoms with Crippen molar-refractivity contribution in [3.05, 3.63) is 101 Å². The molecule has 0 saturated heterocycles. The van der Waals surface area contributed by atoms with E-state index in [1.807, 2.05) is 4.90 Å². The van der Waals surface area contributed by atoms with Gasteiger partial charge in [0.2, 0.25) is 5.55 Å². The highest BCUT2D eigenvalue weighted by molar-refractivity contribution is 7.92. The lowest BCUT2D eigenvalue weighted by Crippen LogP contribution is -2.42. The average Bonchev–Trinajstić information content (AvgIpc) is 3.32. The second-order valence-corrected chi connectivity index (χ2v) is 9.55. The Labute approximate surface area is 200 Å². The van der Waals surface area contributed by atoms with E-state index in [4.69, 9.17) is 26.5 Å². The number of sulfonamides is 1. The summed E-state index contributed by atoms with van der Waals surface area (Å²) in [7, 11) is -3.84. The number of anilines is 2. The lowest BCUT2D eigenvalue weighted by Gasteiger charge is -2.24. The Morgan fingerprint density at radius 2 is 1.76 bits per heavy atom. The van der Waals surface area contributed by atoms with Crippen molar-refractivity contribution in [3.8, 4) is 11.5 Å². The minimum atomic E-state index is -3.84. The summed E-state index contributed by atoms with van der Waals surface area (Å²) in [6.45, 7) is 0.303. The third-order valence-corrected chi connectivity index (χ3v) is 6.79. The number of hydrogen-bond acceptors (Lipinski definition) is 7. The lowest BCUT2D eigenvalue weighted by molar-refractivity contribution is 0.481. The van der Waals surface area contributed by atoms with Crippen LogP contribution >= 0.6 is 11.6 Å². The Balaban J connectivity index is 1.33. The number of hydrogen-bond donors (Lipinski definition) is 2. The third-order valence-electron chi connectivity index (χ3n) is 5.16. The standard InChI is InChI=1S/C24H19ClN4O4S/c25-16-4-10-19(11-5-16)33-20-2-1-3-21(14-20)34(30,31)28-17-6-8-18(9-7-17)29-15-27-24-22(23(29)26)12-13-32-24/h1-14,28H,15,26H2. The van der Waals surface area contributed by atoms with Crippen molar-refractivity contribution < 1.29 is 17.6 Å². The molecule has 4 aromatic rings. The van der Waals surface area contributed by atoms with E-state index in [1.165, 1.54) is 18.4 Å². The molecule has 2 heterocycles. The number of ether oxygens (including phenoxy) is 1. The Kier molecular flexibility index (Phi) is 5.64. The third kappa shape index (κ3) is 4.43. The van der Waals surface area contributed by atoms with Crippen molar-refractivity contribution in [2.45, 2.75) is 4.90 Å². The van der Waals surface area contributed by atoms with Gasteiger partial charge in [0.25, 0.3) is 10.0 Å². The van der Waals surface area contributed by atoms with Gasteiger partial charge >= 0.3 is 0 Å². The van der Waals surface area contributed by atoms with Gasteiger partial charge in [-0.05, 0) is 66.7 Å². The number of nitrogens with zero attached hydrogens (tertiary/aromatic N) is 2. The van der Waals surface area contributed by atoms with E-state index in [2.05, 4.69) is 9.71 Å². The minimum Gasteiger partial charge on any atom is -0.457 e. The zero-order chi connectivity index (χ0) is 23.7. The Morgan fingerprint density at radius 3 is 2.53 bits per heavy atom. The molecule has 0 unspecified atom stereocenters. The molecule has 0 bridgehead atoms. The molecule has 1 aliphatic heterocycles. The number of benzene rings is 3. The van der Waals surface area contributed by atoms with E-state index >= 15 is 0 Å². The number of fused-ring (bicyclic) bond motifs is 1. The minimum absolute atomic E-state index is 0.0722. The molecular weight excluding hydrogens is 476 g/mol. The summed E-state index contributed by atoms with van der Waals surface area (Å²) in [5, 5.41) is 1.30. The van der Waals surface area contributed by atoms with Gasteiger partial charge in [0.1, 0.15) is 24.0 Å². The molecule has 0 amide bonds. The first-order chi connectivity index (χ1) is 16.4. The Bertz CT molecular complexity index is 1570. The van der Waals surface area contributed by atoms with Crippen LogP contribution in [0.15, 0.2) is 99.4 Å². The topological polar surface area (TPSA) is 110 Å². The first-order valence-electron chi connectivity index (χ1n) is 10.2. The van der Waals surface area contributed by atoms with Crippen LogP contribution in [-0.2, 0) is 10.0 Å². The summed E-state index contributed by atoms with van der Waals surface area (Å²) in [6, 6.07) is 21.7. The number of nitrogens with one attached hydrogen (secondary N) is 1. The van der Waals surface area contributed by atoms with Crippen molar-refractivity contribution in [1.29, 1.82) is 0 Å². The van der Waals surface area contributed by atoms with Crippen LogP contribution in [0.2, 0.25) is 5.02 Å². The van der Waals surface area contributed by atoms with Crippen LogP contribution in [-0.4, -0.2) is 15.1 Å². The maximum atomic E-state index is 13.0. The van der Waals surface area contributed by atoms with Gasteiger partial charge < -0.3 is 19.8 Å². The number of furan rings is 1. The molecule has 0 spiro atoms. The molecule has 0 atom stereocenters. The lowest BCUT2D eigenvalue weighted by atomic mass is 10.2. The molecule has 8 nitrogen and oxygen atoms in total. The molecule has 0 fully saturated rings. The molecule has 1 aliphatic rings. The quantitative estimate of drug-likeness (QED) is 0.423. The van der Waals surface area contributed by atoms with E-state index < -0.39 is 10.0 Å². The number of halogens is 1. The van der Waals surface area contributed by atoms with Gasteiger partial charge in [0.15, 0.2) is 0 Å². The van der Waals surface area contributed by atoms with Crippen LogP contribution in [0, 0.1) is 0 Å². The first-order valence-corrected chi connectivity index (χ1v) is 12.1. The fourth-order valence-corrected chi connectivity index (χ4v) is 4.68. The van der Waals surface area contributed by atoms with Crippen molar-refractivity contribution in [1.82, 2.24) is 0 Å². The van der Waals surface area contributed by atoms with E-state index in [-0.39, 0.29) is 4.90 Å². The maximum absolute atomic E-state index is 13.0. The van der Waals surface area contributed by atoms with E-state index in [1.54, 1.807) is 66.7 Å². The van der Waals surface area contributed by atoms with E-state index in [9.17, 15) is 8.42 Å². The number of nitrogens with two attached hydrogens (primary N) is 1. The highest BCUT2D eigenvalue weighted by atomic mass is 35.5. The second kappa shape index (κ2) is 8.77. The monoisotopic (exact) mass is 494 g/mol. The SMILES string of the molecule is NC1=c2ccoc2=NCN1c1ccc(NS(=O)(=O)c2cccc(Oc3ccc(Cl)cc3)c2)cc1. The van der Waals surface area contributed by atoms with Crippen LogP contribution in [0.25, 0.3) is 5.82 Å². The van der Waals surface area contributed by atoms with Crippen LogP contribution in [0.5, 0.6) is 11.5 Å². The van der Waals surface area contributed by atoms with Crippen molar-refractivity contribution in [3.63, 3.8) is 0 Å². The van der Waals surface area contributed by atoms with Gasteiger partial charge in [-0.25, -0.2) is 13.4 Å².